The molecule has 3 aromatic carbocycles. The number of hydrogen-bond acceptors (Lipinski definition) is 6. The number of benzene rings is 3. The van der Waals surface area contributed by atoms with E-state index in [0.717, 1.165) is 4.90 Å². The number of rotatable bonds is 11. The Morgan fingerprint density at radius 3 is 2.35 bits per heavy atom. The first kappa shape index (κ1) is 27.7. The number of ketones is 1. The van der Waals surface area contributed by atoms with Gasteiger partial charge in [0.05, 0.1) is 12.4 Å². The molecule has 37 heavy (non-hydrogen) atoms. The van der Waals surface area contributed by atoms with Crippen LogP contribution in [0.3, 0.4) is 0 Å². The van der Waals surface area contributed by atoms with Crippen molar-refractivity contribution >= 4 is 58.7 Å². The second-order valence-corrected chi connectivity index (χ2v) is 9.21. The molecule has 0 heterocycles. The fraction of sp³-hybridized carbons (Fsp3) is 0.143. The Labute approximate surface area is 224 Å². The van der Waals surface area contributed by atoms with Gasteiger partial charge in [-0.3, -0.25) is 19.2 Å². The van der Waals surface area contributed by atoms with Crippen LogP contribution in [0, 0.1) is 0 Å². The van der Waals surface area contributed by atoms with Gasteiger partial charge in [-0.25, -0.2) is 0 Å². The van der Waals surface area contributed by atoms with Crippen LogP contribution in [0.1, 0.15) is 29.3 Å². The molecule has 0 fully saturated rings. The Hall–Kier alpha value is -3.88. The summed E-state index contributed by atoms with van der Waals surface area (Å²) in [6.45, 7) is 1.92. The van der Waals surface area contributed by atoms with Crippen molar-refractivity contribution in [1.29, 1.82) is 0 Å². The highest BCUT2D eigenvalue weighted by Crippen LogP contribution is 2.21. The minimum Gasteiger partial charge on any atom is -0.466 e. The second kappa shape index (κ2) is 14.0. The van der Waals surface area contributed by atoms with Crippen LogP contribution < -0.4 is 10.6 Å². The molecular weight excluding hydrogens is 512 g/mol. The molecule has 2 N–H and O–H groups in total. The number of carbonyl (C=O) groups is 4. The third kappa shape index (κ3) is 9.25. The van der Waals surface area contributed by atoms with E-state index in [1.165, 1.54) is 11.8 Å². The van der Waals surface area contributed by atoms with E-state index in [0.29, 0.717) is 21.8 Å². The highest BCUT2D eigenvalue weighted by atomic mass is 35.5. The van der Waals surface area contributed by atoms with Crippen LogP contribution >= 0.6 is 23.4 Å². The Kier molecular flexibility index (Phi) is 10.5. The molecule has 0 saturated carbocycles. The van der Waals surface area contributed by atoms with Gasteiger partial charge in [0.15, 0.2) is 5.78 Å². The SMILES string of the molecule is CCOC(=O)CC(=O)CSc1ccc(NC(=O)/C(=C/c2cccc(Cl)c2)NC(=O)c2ccccc2)cc1. The molecule has 7 nitrogen and oxygen atoms in total. The highest BCUT2D eigenvalue weighted by Gasteiger charge is 2.16. The second-order valence-electron chi connectivity index (χ2n) is 7.72. The van der Waals surface area contributed by atoms with E-state index in [1.807, 2.05) is 0 Å². The smallest absolute Gasteiger partial charge is 0.313 e. The molecule has 0 aromatic heterocycles. The van der Waals surface area contributed by atoms with E-state index < -0.39 is 17.8 Å². The fourth-order valence-electron chi connectivity index (χ4n) is 3.13. The van der Waals surface area contributed by atoms with E-state index in [-0.39, 0.29) is 30.3 Å². The molecule has 3 rings (SSSR count). The van der Waals surface area contributed by atoms with E-state index in [2.05, 4.69) is 10.6 Å². The number of carbonyl (C=O) groups excluding carboxylic acids is 4. The van der Waals surface area contributed by atoms with Gasteiger partial charge in [0.2, 0.25) is 0 Å². The average molecular weight is 537 g/mol. The summed E-state index contributed by atoms with van der Waals surface area (Å²) < 4.78 is 4.78. The van der Waals surface area contributed by atoms with Crippen molar-refractivity contribution in [1.82, 2.24) is 5.32 Å². The lowest BCUT2D eigenvalue weighted by Gasteiger charge is -2.12. The topological polar surface area (TPSA) is 102 Å². The van der Waals surface area contributed by atoms with Crippen LogP contribution in [-0.2, 0) is 19.1 Å². The molecular formula is C28H25ClN2O5S. The molecule has 190 valence electrons. The maximum absolute atomic E-state index is 13.1. The number of amides is 2. The Morgan fingerprint density at radius 1 is 0.946 bits per heavy atom. The number of hydrogen-bond donors (Lipinski definition) is 2. The Bertz CT molecular complexity index is 1290. The van der Waals surface area contributed by atoms with E-state index in [4.69, 9.17) is 16.3 Å². The number of halogens is 1. The molecule has 0 bridgehead atoms. The van der Waals surface area contributed by atoms with Gasteiger partial charge in [-0.15, -0.1) is 11.8 Å². The Morgan fingerprint density at radius 2 is 1.68 bits per heavy atom. The zero-order valence-corrected chi connectivity index (χ0v) is 21.6. The highest BCUT2D eigenvalue weighted by molar-refractivity contribution is 8.00. The van der Waals surface area contributed by atoms with Crippen molar-refractivity contribution in [3.05, 3.63) is 101 Å². The number of thioether (sulfide) groups is 1. The molecule has 9 heteroatoms. The summed E-state index contributed by atoms with van der Waals surface area (Å²) in [7, 11) is 0. The van der Waals surface area contributed by atoms with Gasteiger partial charge in [0.1, 0.15) is 12.1 Å². The summed E-state index contributed by atoms with van der Waals surface area (Å²) in [5.74, 6) is -1.58. The number of nitrogens with one attached hydrogen (secondary N) is 2. The summed E-state index contributed by atoms with van der Waals surface area (Å²) in [5.41, 5.74) is 1.59. The minimum atomic E-state index is -0.535. The Balaban J connectivity index is 1.68. The molecule has 0 aliphatic heterocycles. The van der Waals surface area contributed by atoms with E-state index >= 15 is 0 Å². The maximum atomic E-state index is 13.1. The largest absolute Gasteiger partial charge is 0.466 e. The number of esters is 1. The van der Waals surface area contributed by atoms with Crippen molar-refractivity contribution in [3.63, 3.8) is 0 Å². The maximum Gasteiger partial charge on any atom is 0.313 e. The van der Waals surface area contributed by atoms with Gasteiger partial charge >= 0.3 is 5.97 Å². The summed E-state index contributed by atoms with van der Waals surface area (Å²) in [5, 5.41) is 5.95. The van der Waals surface area contributed by atoms with Crippen molar-refractivity contribution in [2.75, 3.05) is 17.7 Å². The predicted molar refractivity (Wildman–Crippen MR) is 145 cm³/mol. The normalized spacial score (nSPS) is 10.9. The van der Waals surface area contributed by atoms with Crippen LogP contribution in [0.15, 0.2) is 89.5 Å². The molecule has 0 saturated heterocycles. The van der Waals surface area contributed by atoms with Crippen LogP contribution in [0.2, 0.25) is 5.02 Å². The summed E-state index contributed by atoms with van der Waals surface area (Å²) in [6.07, 6.45) is 1.28. The van der Waals surface area contributed by atoms with Gasteiger partial charge < -0.3 is 15.4 Å². The van der Waals surface area contributed by atoms with Gasteiger partial charge in [-0.05, 0) is 67.1 Å². The van der Waals surface area contributed by atoms with Crippen LogP contribution in [0.4, 0.5) is 5.69 Å². The summed E-state index contributed by atoms with van der Waals surface area (Å²) in [6, 6.07) is 22.3. The van der Waals surface area contributed by atoms with E-state index in [9.17, 15) is 19.2 Å². The molecule has 0 radical (unpaired) electrons. The first-order valence-corrected chi connectivity index (χ1v) is 12.8. The van der Waals surface area contributed by atoms with Crippen LogP contribution in [-0.4, -0.2) is 35.9 Å². The molecule has 0 atom stereocenters. The molecule has 2 amide bonds. The molecule has 0 aliphatic rings. The molecule has 0 unspecified atom stereocenters. The van der Waals surface area contributed by atoms with Crippen molar-refractivity contribution in [2.24, 2.45) is 0 Å². The zero-order valence-electron chi connectivity index (χ0n) is 20.0. The van der Waals surface area contributed by atoms with E-state index in [1.54, 1.807) is 91.9 Å². The van der Waals surface area contributed by atoms with Crippen molar-refractivity contribution in [2.45, 2.75) is 18.2 Å². The minimum absolute atomic E-state index is 0.0409. The predicted octanol–water partition coefficient (Wildman–Crippen LogP) is 5.36. The number of Topliss-reactive ketones (excluding diaryl/α,β-unsaturated/α-hetero) is 1. The average Bonchev–Trinajstić information content (AvgIpc) is 2.88. The van der Waals surface area contributed by atoms with Gasteiger partial charge in [-0.2, -0.15) is 0 Å². The lowest BCUT2D eigenvalue weighted by molar-refractivity contribution is -0.145. The zero-order chi connectivity index (χ0) is 26.6. The lowest BCUT2D eigenvalue weighted by atomic mass is 10.1. The van der Waals surface area contributed by atoms with Crippen molar-refractivity contribution < 1.29 is 23.9 Å². The molecule has 0 aliphatic carbocycles. The monoisotopic (exact) mass is 536 g/mol. The fourth-order valence-corrected chi connectivity index (χ4v) is 4.08. The summed E-state index contributed by atoms with van der Waals surface area (Å²) >= 11 is 7.36. The first-order chi connectivity index (χ1) is 17.8. The molecule has 3 aromatic rings. The van der Waals surface area contributed by atoms with Crippen molar-refractivity contribution in [3.8, 4) is 0 Å². The van der Waals surface area contributed by atoms with Gasteiger partial charge in [0, 0.05) is 21.2 Å². The standard InChI is InChI=1S/C28H25ClN2O5S/c1-2-36-26(33)17-23(32)18-37-24-13-11-22(12-14-24)30-28(35)25(16-19-7-6-10-21(29)15-19)31-27(34)20-8-4-3-5-9-20/h3-16H,2,17-18H2,1H3,(H,30,35)(H,31,34)/b25-16-. The lowest BCUT2D eigenvalue weighted by Crippen LogP contribution is -2.30. The van der Waals surface area contributed by atoms with Crippen LogP contribution in [0.25, 0.3) is 6.08 Å². The third-order valence-corrected chi connectivity index (χ3v) is 6.15. The van der Waals surface area contributed by atoms with Crippen LogP contribution in [0.5, 0.6) is 0 Å². The number of anilines is 1. The molecule has 0 spiro atoms. The first-order valence-electron chi connectivity index (χ1n) is 11.4. The number of ether oxygens (including phenoxy) is 1. The van der Waals surface area contributed by atoms with Gasteiger partial charge in [0.25, 0.3) is 11.8 Å². The van der Waals surface area contributed by atoms with Gasteiger partial charge in [-0.1, -0.05) is 41.9 Å². The summed E-state index contributed by atoms with van der Waals surface area (Å²) in [4.78, 5) is 50.0. The third-order valence-electron chi connectivity index (χ3n) is 4.85. The quantitative estimate of drug-likeness (QED) is 0.148.